The lowest BCUT2D eigenvalue weighted by Crippen LogP contribution is -2.48. The number of thiophene rings is 1. The van der Waals surface area contributed by atoms with E-state index in [1.807, 2.05) is 12.3 Å². The van der Waals surface area contributed by atoms with Crippen molar-refractivity contribution in [2.45, 2.75) is 25.0 Å². The zero-order valence-electron chi connectivity index (χ0n) is 19.1. The summed E-state index contributed by atoms with van der Waals surface area (Å²) in [5, 5.41) is 12.4. The second kappa shape index (κ2) is 8.45. The highest BCUT2D eigenvalue weighted by Crippen LogP contribution is 2.52. The first-order valence-electron chi connectivity index (χ1n) is 11.7. The van der Waals surface area contributed by atoms with Gasteiger partial charge in [-0.3, -0.25) is 5.01 Å². The van der Waals surface area contributed by atoms with Crippen LogP contribution in [0.15, 0.2) is 70.1 Å². The molecule has 1 aromatic heterocycles. The molecular formula is C26H28N6OS. The average Bonchev–Trinajstić information content (AvgIpc) is 3.55. The van der Waals surface area contributed by atoms with Gasteiger partial charge in [-0.25, -0.2) is 4.99 Å². The van der Waals surface area contributed by atoms with E-state index in [0.717, 1.165) is 54.4 Å². The van der Waals surface area contributed by atoms with E-state index in [9.17, 15) is 0 Å². The van der Waals surface area contributed by atoms with Gasteiger partial charge >= 0.3 is 0 Å². The van der Waals surface area contributed by atoms with Crippen LogP contribution in [0.4, 0.5) is 11.4 Å². The Labute approximate surface area is 203 Å². The summed E-state index contributed by atoms with van der Waals surface area (Å²) < 4.78 is 5.55. The first-order valence-corrected chi connectivity index (χ1v) is 12.6. The van der Waals surface area contributed by atoms with E-state index in [-0.39, 0.29) is 6.04 Å². The lowest BCUT2D eigenvalue weighted by Gasteiger charge is -2.44. The first kappa shape index (κ1) is 21.2. The van der Waals surface area contributed by atoms with Gasteiger partial charge < -0.3 is 20.7 Å². The van der Waals surface area contributed by atoms with Gasteiger partial charge in [0.25, 0.3) is 0 Å². The molecule has 1 saturated heterocycles. The van der Waals surface area contributed by atoms with Gasteiger partial charge in [-0.05, 0) is 41.6 Å². The van der Waals surface area contributed by atoms with E-state index in [1.54, 1.807) is 11.3 Å². The van der Waals surface area contributed by atoms with Gasteiger partial charge in [0.2, 0.25) is 5.66 Å². The molecule has 174 valence electrons. The van der Waals surface area contributed by atoms with Crippen molar-refractivity contribution in [3.63, 3.8) is 0 Å². The number of hydrogen-bond donors (Lipinski definition) is 2. The van der Waals surface area contributed by atoms with Crippen LogP contribution in [-0.4, -0.2) is 43.5 Å². The quantitative estimate of drug-likeness (QED) is 0.593. The summed E-state index contributed by atoms with van der Waals surface area (Å²) in [6, 6.07) is 19.3. The molecule has 34 heavy (non-hydrogen) atoms. The standard InChI is InChI=1S/C26H28N6OS/c1-18-17-20(31-12-14-33-15-13-31)7-8-21(18)26(24-22(10-16-34-24)29-25(27)30-26)32-23(9-11-28-32)19-5-3-2-4-6-19/h2-8,10-11,16-17,23H,9,12-15H2,1H3,(H3,27,29,30). The SMILES string of the molecule is Cc1cc(N2CCOCC2)ccc1C1(N2N=CCC2c2ccccc2)N=C(N)Nc2ccsc21. The Morgan fingerprint density at radius 3 is 2.74 bits per heavy atom. The van der Waals surface area contributed by atoms with E-state index < -0.39 is 5.66 Å². The first-order chi connectivity index (χ1) is 16.7. The normalized spacial score (nSPS) is 24.0. The molecular weight excluding hydrogens is 444 g/mol. The molecule has 3 N–H and O–H groups in total. The van der Waals surface area contributed by atoms with Gasteiger partial charge in [-0.2, -0.15) is 5.10 Å². The van der Waals surface area contributed by atoms with Gasteiger partial charge in [0.05, 0.1) is 29.8 Å². The van der Waals surface area contributed by atoms with Crippen molar-refractivity contribution < 1.29 is 4.74 Å². The second-order valence-corrected chi connectivity index (χ2v) is 9.78. The molecule has 4 heterocycles. The van der Waals surface area contributed by atoms with Crippen molar-refractivity contribution in [3.05, 3.63) is 81.5 Å². The van der Waals surface area contributed by atoms with Crippen molar-refractivity contribution in [2.24, 2.45) is 15.8 Å². The van der Waals surface area contributed by atoms with Crippen molar-refractivity contribution in [3.8, 4) is 0 Å². The number of ether oxygens (including phenoxy) is 1. The minimum Gasteiger partial charge on any atom is -0.378 e. The molecule has 2 unspecified atom stereocenters. The maximum Gasteiger partial charge on any atom is 0.214 e. The third-order valence-electron chi connectivity index (χ3n) is 6.83. The van der Waals surface area contributed by atoms with Crippen LogP contribution in [0.3, 0.4) is 0 Å². The number of hydrogen-bond acceptors (Lipinski definition) is 8. The third kappa shape index (κ3) is 3.36. The molecule has 0 bridgehead atoms. The van der Waals surface area contributed by atoms with Gasteiger partial charge in [-0.1, -0.05) is 36.4 Å². The van der Waals surface area contributed by atoms with Crippen LogP contribution >= 0.6 is 11.3 Å². The Balaban J connectivity index is 1.52. The number of guanidine groups is 1. The Kier molecular flexibility index (Phi) is 5.27. The Morgan fingerprint density at radius 2 is 1.94 bits per heavy atom. The van der Waals surface area contributed by atoms with Crippen LogP contribution in [0.2, 0.25) is 0 Å². The Bertz CT molecular complexity index is 1250. The fourth-order valence-electron chi connectivity index (χ4n) is 5.26. The van der Waals surface area contributed by atoms with Crippen LogP contribution in [-0.2, 0) is 10.4 Å². The van der Waals surface area contributed by atoms with Crippen LogP contribution in [0.5, 0.6) is 0 Å². The molecule has 3 aliphatic rings. The Morgan fingerprint density at radius 1 is 1.12 bits per heavy atom. The number of fused-ring (bicyclic) bond motifs is 1. The number of nitrogens with one attached hydrogen (secondary N) is 1. The summed E-state index contributed by atoms with van der Waals surface area (Å²) in [5.41, 5.74) is 11.2. The molecule has 2 aromatic carbocycles. The van der Waals surface area contributed by atoms with Gasteiger partial charge in [0.15, 0.2) is 5.96 Å². The fraction of sp³-hybridized carbons (Fsp3) is 0.308. The van der Waals surface area contributed by atoms with Crippen LogP contribution in [0, 0.1) is 6.92 Å². The predicted molar refractivity (Wildman–Crippen MR) is 139 cm³/mol. The van der Waals surface area contributed by atoms with E-state index in [2.05, 4.69) is 76.1 Å². The molecule has 1 fully saturated rings. The van der Waals surface area contributed by atoms with E-state index in [1.165, 1.54) is 11.3 Å². The van der Waals surface area contributed by atoms with Crippen LogP contribution in [0.1, 0.15) is 34.0 Å². The van der Waals surface area contributed by atoms with E-state index >= 15 is 0 Å². The van der Waals surface area contributed by atoms with Crippen LogP contribution in [0.25, 0.3) is 0 Å². The van der Waals surface area contributed by atoms with Crippen molar-refractivity contribution in [1.29, 1.82) is 0 Å². The van der Waals surface area contributed by atoms with Crippen molar-refractivity contribution in [1.82, 2.24) is 5.01 Å². The monoisotopic (exact) mass is 472 g/mol. The summed E-state index contributed by atoms with van der Waals surface area (Å²) in [6.45, 7) is 5.49. The second-order valence-electron chi connectivity index (χ2n) is 8.86. The number of benzene rings is 2. The number of anilines is 2. The molecule has 8 heteroatoms. The smallest absolute Gasteiger partial charge is 0.214 e. The third-order valence-corrected chi connectivity index (χ3v) is 7.85. The number of aryl methyl sites for hydroxylation is 1. The summed E-state index contributed by atoms with van der Waals surface area (Å²) in [4.78, 5) is 8.61. The largest absolute Gasteiger partial charge is 0.378 e. The fourth-order valence-corrected chi connectivity index (χ4v) is 6.26. The number of rotatable bonds is 4. The lowest BCUT2D eigenvalue weighted by atomic mass is 9.89. The van der Waals surface area contributed by atoms with E-state index in [4.69, 9.17) is 20.6 Å². The zero-order chi connectivity index (χ0) is 23.1. The number of hydrazone groups is 1. The maximum atomic E-state index is 6.41. The summed E-state index contributed by atoms with van der Waals surface area (Å²) in [5.74, 6) is 0.400. The Hall–Kier alpha value is -3.36. The topological polar surface area (TPSA) is 78.5 Å². The molecule has 0 radical (unpaired) electrons. The van der Waals surface area contributed by atoms with Gasteiger partial charge in [-0.15, -0.1) is 11.3 Å². The molecule has 3 aliphatic heterocycles. The molecule has 0 aliphatic carbocycles. The van der Waals surface area contributed by atoms with Crippen molar-refractivity contribution in [2.75, 3.05) is 36.5 Å². The minimum absolute atomic E-state index is 0.0594. The molecule has 0 amide bonds. The summed E-state index contributed by atoms with van der Waals surface area (Å²) in [7, 11) is 0. The van der Waals surface area contributed by atoms with Crippen LogP contribution < -0.4 is 16.0 Å². The zero-order valence-corrected chi connectivity index (χ0v) is 20.0. The summed E-state index contributed by atoms with van der Waals surface area (Å²) in [6.07, 6.45) is 2.82. The molecule has 0 spiro atoms. The molecule has 0 saturated carbocycles. The highest BCUT2D eigenvalue weighted by Gasteiger charge is 2.50. The number of morpholine rings is 1. The number of nitrogens with two attached hydrogens (primary N) is 1. The number of nitrogens with zero attached hydrogens (tertiary/aromatic N) is 4. The molecule has 2 atom stereocenters. The average molecular weight is 473 g/mol. The molecule has 3 aromatic rings. The lowest BCUT2D eigenvalue weighted by molar-refractivity contribution is 0.0985. The summed E-state index contributed by atoms with van der Waals surface area (Å²) >= 11 is 1.69. The van der Waals surface area contributed by atoms with Crippen molar-refractivity contribution >= 4 is 34.9 Å². The highest BCUT2D eigenvalue weighted by atomic mass is 32.1. The van der Waals surface area contributed by atoms with Gasteiger partial charge in [0.1, 0.15) is 0 Å². The van der Waals surface area contributed by atoms with E-state index in [0.29, 0.717) is 5.96 Å². The maximum absolute atomic E-state index is 6.41. The predicted octanol–water partition coefficient (Wildman–Crippen LogP) is 4.27. The highest BCUT2D eigenvalue weighted by molar-refractivity contribution is 7.10. The number of aliphatic imine (C=N–C) groups is 1. The minimum atomic E-state index is -0.847. The molecule has 7 nitrogen and oxygen atoms in total. The molecule has 6 rings (SSSR count). The van der Waals surface area contributed by atoms with Gasteiger partial charge in [0, 0.05) is 37.0 Å².